The Kier molecular flexibility index (Phi) is 8.21. The number of rotatable bonds is 6. The fourth-order valence-electron chi connectivity index (χ4n) is 0.750. The molecular formula is C8H16Cl2S. The minimum absolute atomic E-state index is 0.203. The van der Waals surface area contributed by atoms with Gasteiger partial charge in [0.2, 0.25) is 0 Å². The maximum atomic E-state index is 5.99. The largest absolute Gasteiger partial charge is 0.123 e. The SMILES string of the molecule is CCCC(Cl)SC(Cl)CCC. The van der Waals surface area contributed by atoms with Crippen molar-refractivity contribution in [3.63, 3.8) is 0 Å². The standard InChI is InChI=1S/C8H16Cl2S/c1-3-5-7(9)11-8(10)6-4-2/h7-8H,3-6H2,1-2H3. The fraction of sp³-hybridized carbons (Fsp3) is 1.00. The second-order valence-electron chi connectivity index (χ2n) is 2.53. The second kappa shape index (κ2) is 7.57. The molecule has 0 radical (unpaired) electrons. The van der Waals surface area contributed by atoms with Gasteiger partial charge in [0.15, 0.2) is 0 Å². The number of halogens is 2. The van der Waals surface area contributed by atoms with Crippen molar-refractivity contribution < 1.29 is 0 Å². The molecule has 0 aliphatic carbocycles. The summed E-state index contributed by atoms with van der Waals surface area (Å²) < 4.78 is 0.406. The summed E-state index contributed by atoms with van der Waals surface area (Å²) in [6, 6.07) is 0. The molecule has 68 valence electrons. The topological polar surface area (TPSA) is 0 Å². The Morgan fingerprint density at radius 2 is 1.36 bits per heavy atom. The molecule has 0 aliphatic heterocycles. The van der Waals surface area contributed by atoms with Crippen LogP contribution in [0.25, 0.3) is 0 Å². The summed E-state index contributed by atoms with van der Waals surface area (Å²) in [5.41, 5.74) is 0. The molecule has 2 unspecified atom stereocenters. The molecular weight excluding hydrogens is 199 g/mol. The van der Waals surface area contributed by atoms with Gasteiger partial charge in [-0.25, -0.2) is 0 Å². The van der Waals surface area contributed by atoms with E-state index in [0.717, 1.165) is 25.7 Å². The van der Waals surface area contributed by atoms with E-state index in [4.69, 9.17) is 23.2 Å². The van der Waals surface area contributed by atoms with E-state index in [1.165, 1.54) is 0 Å². The lowest BCUT2D eigenvalue weighted by Crippen LogP contribution is -1.99. The molecule has 3 heteroatoms. The minimum atomic E-state index is 0.203. The Hall–Kier alpha value is 0.930. The molecule has 0 N–H and O–H groups in total. The molecule has 0 amide bonds. The average Bonchev–Trinajstić information content (AvgIpc) is 1.87. The van der Waals surface area contributed by atoms with Gasteiger partial charge in [0, 0.05) is 0 Å². The van der Waals surface area contributed by atoms with Gasteiger partial charge >= 0.3 is 0 Å². The van der Waals surface area contributed by atoms with E-state index in [1.807, 2.05) is 0 Å². The number of alkyl halides is 2. The first kappa shape index (κ1) is 11.9. The second-order valence-corrected chi connectivity index (χ2v) is 5.51. The van der Waals surface area contributed by atoms with Crippen molar-refractivity contribution >= 4 is 35.0 Å². The van der Waals surface area contributed by atoms with Crippen LogP contribution in [-0.4, -0.2) is 9.42 Å². The monoisotopic (exact) mass is 214 g/mol. The first-order valence-corrected chi connectivity index (χ1v) is 5.95. The van der Waals surface area contributed by atoms with Crippen LogP contribution in [0.4, 0.5) is 0 Å². The van der Waals surface area contributed by atoms with Gasteiger partial charge in [-0.1, -0.05) is 26.7 Å². The quantitative estimate of drug-likeness (QED) is 0.590. The van der Waals surface area contributed by atoms with Gasteiger partial charge in [0.1, 0.15) is 0 Å². The summed E-state index contributed by atoms with van der Waals surface area (Å²) in [6.45, 7) is 4.28. The third kappa shape index (κ3) is 7.30. The Bertz CT molecular complexity index is 78.2. The van der Waals surface area contributed by atoms with Crippen molar-refractivity contribution in [2.24, 2.45) is 0 Å². The highest BCUT2D eigenvalue weighted by Gasteiger charge is 2.10. The van der Waals surface area contributed by atoms with Gasteiger partial charge in [0.05, 0.1) is 9.42 Å². The molecule has 0 aromatic heterocycles. The third-order valence-electron chi connectivity index (χ3n) is 1.33. The summed E-state index contributed by atoms with van der Waals surface area (Å²) in [4.78, 5) is 0. The maximum absolute atomic E-state index is 5.99. The molecule has 0 nitrogen and oxygen atoms in total. The Labute approximate surface area is 84.0 Å². The molecule has 0 saturated heterocycles. The van der Waals surface area contributed by atoms with Crippen molar-refractivity contribution in [2.75, 3.05) is 0 Å². The van der Waals surface area contributed by atoms with Gasteiger partial charge in [-0.15, -0.1) is 35.0 Å². The van der Waals surface area contributed by atoms with Gasteiger partial charge in [-0.05, 0) is 12.8 Å². The number of hydrogen-bond donors (Lipinski definition) is 0. The highest BCUT2D eigenvalue weighted by molar-refractivity contribution is 8.02. The van der Waals surface area contributed by atoms with Crippen LogP contribution in [0.1, 0.15) is 39.5 Å². The summed E-state index contributed by atoms with van der Waals surface area (Å²) in [5, 5.41) is 0. The van der Waals surface area contributed by atoms with Crippen LogP contribution in [0.15, 0.2) is 0 Å². The van der Waals surface area contributed by atoms with Crippen molar-refractivity contribution in [3.05, 3.63) is 0 Å². The lowest BCUT2D eigenvalue weighted by Gasteiger charge is -2.11. The highest BCUT2D eigenvalue weighted by atomic mass is 35.5. The molecule has 0 fully saturated rings. The van der Waals surface area contributed by atoms with Crippen LogP contribution in [0.2, 0.25) is 0 Å². The molecule has 0 aromatic rings. The predicted octanol–water partition coefficient (Wildman–Crippen LogP) is 4.45. The summed E-state index contributed by atoms with van der Waals surface area (Å²) in [5.74, 6) is 0. The number of hydrogen-bond acceptors (Lipinski definition) is 1. The maximum Gasteiger partial charge on any atom is 0.0803 e. The van der Waals surface area contributed by atoms with E-state index in [9.17, 15) is 0 Å². The van der Waals surface area contributed by atoms with E-state index in [-0.39, 0.29) is 9.42 Å². The van der Waals surface area contributed by atoms with Crippen LogP contribution in [0, 0.1) is 0 Å². The van der Waals surface area contributed by atoms with Crippen molar-refractivity contribution in [1.82, 2.24) is 0 Å². The van der Waals surface area contributed by atoms with Crippen LogP contribution < -0.4 is 0 Å². The Morgan fingerprint density at radius 3 is 1.64 bits per heavy atom. The molecule has 0 heterocycles. The van der Waals surface area contributed by atoms with Crippen LogP contribution in [0.5, 0.6) is 0 Å². The molecule has 0 aliphatic rings. The lowest BCUT2D eigenvalue weighted by molar-refractivity contribution is 0.842. The molecule has 0 saturated carbocycles. The zero-order chi connectivity index (χ0) is 8.69. The number of thioether (sulfide) groups is 1. The normalized spacial score (nSPS) is 16.4. The van der Waals surface area contributed by atoms with E-state index in [1.54, 1.807) is 11.8 Å². The first-order valence-electron chi connectivity index (χ1n) is 4.14. The Morgan fingerprint density at radius 1 is 1.00 bits per heavy atom. The van der Waals surface area contributed by atoms with Crippen molar-refractivity contribution in [1.29, 1.82) is 0 Å². The summed E-state index contributed by atoms with van der Waals surface area (Å²) >= 11 is 13.7. The summed E-state index contributed by atoms with van der Waals surface area (Å²) in [7, 11) is 0. The molecule has 2 atom stereocenters. The van der Waals surface area contributed by atoms with Gasteiger partial charge in [0.25, 0.3) is 0 Å². The lowest BCUT2D eigenvalue weighted by atomic mass is 10.4. The van der Waals surface area contributed by atoms with Crippen LogP contribution >= 0.6 is 35.0 Å². The first-order chi connectivity index (χ1) is 5.20. The van der Waals surface area contributed by atoms with E-state index in [0.29, 0.717) is 0 Å². The highest BCUT2D eigenvalue weighted by Crippen LogP contribution is 2.29. The van der Waals surface area contributed by atoms with Gasteiger partial charge < -0.3 is 0 Å². The third-order valence-corrected chi connectivity index (χ3v) is 3.44. The fourth-order valence-corrected chi connectivity index (χ4v) is 3.15. The minimum Gasteiger partial charge on any atom is -0.123 e. The molecule has 0 bridgehead atoms. The van der Waals surface area contributed by atoms with Crippen molar-refractivity contribution in [2.45, 2.75) is 48.9 Å². The zero-order valence-electron chi connectivity index (χ0n) is 7.15. The van der Waals surface area contributed by atoms with Gasteiger partial charge in [-0.3, -0.25) is 0 Å². The van der Waals surface area contributed by atoms with Crippen LogP contribution in [-0.2, 0) is 0 Å². The Balaban J connectivity index is 3.32. The summed E-state index contributed by atoms with van der Waals surface area (Å²) in [6.07, 6.45) is 4.38. The molecule has 0 aromatic carbocycles. The van der Waals surface area contributed by atoms with E-state index < -0.39 is 0 Å². The van der Waals surface area contributed by atoms with E-state index >= 15 is 0 Å². The van der Waals surface area contributed by atoms with Crippen molar-refractivity contribution in [3.8, 4) is 0 Å². The molecule has 11 heavy (non-hydrogen) atoms. The van der Waals surface area contributed by atoms with Gasteiger partial charge in [-0.2, -0.15) is 0 Å². The molecule has 0 spiro atoms. The molecule has 0 rings (SSSR count). The predicted molar refractivity (Wildman–Crippen MR) is 56.7 cm³/mol. The van der Waals surface area contributed by atoms with Crippen LogP contribution in [0.3, 0.4) is 0 Å². The van der Waals surface area contributed by atoms with E-state index in [2.05, 4.69) is 13.8 Å². The smallest absolute Gasteiger partial charge is 0.0803 e. The zero-order valence-corrected chi connectivity index (χ0v) is 9.48. The average molecular weight is 215 g/mol.